The number of ether oxygens (including phenoxy) is 1. The molecule has 0 heterocycles. The Labute approximate surface area is 176 Å². The lowest BCUT2D eigenvalue weighted by Gasteiger charge is -2.18. The first-order valence-corrected chi connectivity index (χ1v) is 10.0. The molecule has 2 rings (SSSR count). The van der Waals surface area contributed by atoms with Crippen molar-refractivity contribution in [2.24, 2.45) is 10.9 Å². The second-order valence-corrected chi connectivity index (χ2v) is 6.91. The van der Waals surface area contributed by atoms with Crippen LogP contribution in [-0.4, -0.2) is 24.7 Å². The molecule has 0 fully saturated rings. The maximum absolute atomic E-state index is 13.6. The maximum Gasteiger partial charge on any atom is 0.308 e. The average molecular weight is 413 g/mol. The summed E-state index contributed by atoms with van der Waals surface area (Å²) in [7, 11) is 0. The summed E-state index contributed by atoms with van der Waals surface area (Å²) in [6.07, 6.45) is 4.27. The number of nitrogens with two attached hydrogens (primary N) is 1. The SMILES string of the molecule is CCOC(=O)CC(NC(=O)CCCCc1ccc(C=NN)cc1)c1cccc(F)c1. The minimum atomic E-state index is -0.621. The van der Waals surface area contributed by atoms with Gasteiger partial charge in [-0.05, 0) is 55.0 Å². The highest BCUT2D eigenvalue weighted by Crippen LogP contribution is 2.19. The maximum atomic E-state index is 13.6. The number of benzene rings is 2. The molecule has 1 unspecified atom stereocenters. The molecular weight excluding hydrogens is 385 g/mol. The molecule has 0 aliphatic rings. The number of unbranched alkanes of at least 4 members (excludes halogenated alkanes) is 1. The van der Waals surface area contributed by atoms with Crippen molar-refractivity contribution in [3.63, 3.8) is 0 Å². The van der Waals surface area contributed by atoms with Gasteiger partial charge in [-0.2, -0.15) is 5.10 Å². The lowest BCUT2D eigenvalue weighted by Crippen LogP contribution is -2.30. The van der Waals surface area contributed by atoms with Crippen LogP contribution in [0.5, 0.6) is 0 Å². The van der Waals surface area contributed by atoms with Crippen LogP contribution in [0.15, 0.2) is 53.6 Å². The van der Waals surface area contributed by atoms with E-state index < -0.39 is 17.8 Å². The van der Waals surface area contributed by atoms with E-state index in [4.69, 9.17) is 10.6 Å². The Morgan fingerprint density at radius 3 is 2.63 bits per heavy atom. The molecular formula is C23H28FN3O3. The standard InChI is InChI=1S/C23H28FN3O3/c1-2-30-23(29)15-21(19-7-5-8-20(24)14-19)27-22(28)9-4-3-6-17-10-12-18(13-11-17)16-26-25/h5,7-8,10-14,16,21H,2-4,6,9,15,25H2,1H3,(H,27,28). The molecule has 0 radical (unpaired) electrons. The lowest BCUT2D eigenvalue weighted by molar-refractivity contribution is -0.143. The van der Waals surface area contributed by atoms with Gasteiger partial charge in [-0.15, -0.1) is 0 Å². The molecule has 0 aromatic heterocycles. The van der Waals surface area contributed by atoms with E-state index in [2.05, 4.69) is 10.4 Å². The quantitative estimate of drug-likeness (QED) is 0.193. The summed E-state index contributed by atoms with van der Waals surface area (Å²) in [4.78, 5) is 24.3. The highest BCUT2D eigenvalue weighted by Gasteiger charge is 2.19. The zero-order valence-electron chi connectivity index (χ0n) is 17.1. The fourth-order valence-electron chi connectivity index (χ4n) is 3.10. The van der Waals surface area contributed by atoms with Gasteiger partial charge in [0.1, 0.15) is 5.82 Å². The van der Waals surface area contributed by atoms with Gasteiger partial charge in [0.25, 0.3) is 0 Å². The van der Waals surface area contributed by atoms with E-state index in [1.165, 1.54) is 17.7 Å². The zero-order chi connectivity index (χ0) is 21.8. The molecule has 0 bridgehead atoms. The molecule has 6 nitrogen and oxygen atoms in total. The molecule has 0 aliphatic carbocycles. The molecule has 2 aromatic carbocycles. The normalized spacial score (nSPS) is 11.9. The first-order chi connectivity index (χ1) is 14.5. The van der Waals surface area contributed by atoms with Gasteiger partial charge in [0.2, 0.25) is 5.91 Å². The topological polar surface area (TPSA) is 93.8 Å². The Bertz CT molecular complexity index is 853. The number of amides is 1. The number of nitrogens with one attached hydrogen (secondary N) is 1. The van der Waals surface area contributed by atoms with Crippen LogP contribution in [0.2, 0.25) is 0 Å². The van der Waals surface area contributed by atoms with Crippen LogP contribution in [0.3, 0.4) is 0 Å². The smallest absolute Gasteiger partial charge is 0.308 e. The molecule has 1 amide bonds. The Morgan fingerprint density at radius 2 is 1.97 bits per heavy atom. The summed E-state index contributed by atoms with van der Waals surface area (Å²) in [5.41, 5.74) is 2.65. The Hall–Kier alpha value is -3.22. The third kappa shape index (κ3) is 8.03. The molecule has 0 aliphatic heterocycles. The molecule has 3 N–H and O–H groups in total. The zero-order valence-corrected chi connectivity index (χ0v) is 17.1. The number of carbonyl (C=O) groups excluding carboxylic acids is 2. The fraction of sp³-hybridized carbons (Fsp3) is 0.348. The molecule has 1 atom stereocenters. The van der Waals surface area contributed by atoms with E-state index in [0.717, 1.165) is 18.4 Å². The van der Waals surface area contributed by atoms with Crippen LogP contribution in [0.25, 0.3) is 0 Å². The molecule has 160 valence electrons. The van der Waals surface area contributed by atoms with Gasteiger partial charge in [0, 0.05) is 6.42 Å². The number of rotatable bonds is 11. The van der Waals surface area contributed by atoms with Crippen molar-refractivity contribution in [1.82, 2.24) is 5.32 Å². The highest BCUT2D eigenvalue weighted by atomic mass is 19.1. The Balaban J connectivity index is 1.84. The van der Waals surface area contributed by atoms with Gasteiger partial charge in [0.05, 0.1) is 25.3 Å². The molecule has 30 heavy (non-hydrogen) atoms. The van der Waals surface area contributed by atoms with Crippen molar-refractivity contribution in [3.05, 3.63) is 71.0 Å². The number of hydrogen-bond donors (Lipinski definition) is 2. The molecule has 7 heteroatoms. The summed E-state index contributed by atoms with van der Waals surface area (Å²) in [5.74, 6) is 4.10. The van der Waals surface area contributed by atoms with Gasteiger partial charge in [0.15, 0.2) is 0 Å². The minimum absolute atomic E-state index is 0.0402. The van der Waals surface area contributed by atoms with Crippen LogP contribution >= 0.6 is 0 Å². The number of hydrogen-bond acceptors (Lipinski definition) is 5. The molecule has 0 saturated heterocycles. The van der Waals surface area contributed by atoms with Gasteiger partial charge < -0.3 is 15.9 Å². The Morgan fingerprint density at radius 1 is 1.20 bits per heavy atom. The monoisotopic (exact) mass is 413 g/mol. The van der Waals surface area contributed by atoms with Crippen molar-refractivity contribution < 1.29 is 18.7 Å². The lowest BCUT2D eigenvalue weighted by atomic mass is 10.0. The third-order valence-electron chi connectivity index (χ3n) is 4.58. The molecule has 2 aromatic rings. The van der Waals surface area contributed by atoms with E-state index in [1.807, 2.05) is 24.3 Å². The number of hydrazone groups is 1. The van der Waals surface area contributed by atoms with Crippen LogP contribution in [-0.2, 0) is 20.7 Å². The summed E-state index contributed by atoms with van der Waals surface area (Å²) in [6, 6.07) is 13.2. The minimum Gasteiger partial charge on any atom is -0.466 e. The van der Waals surface area contributed by atoms with Crippen molar-refractivity contribution in [3.8, 4) is 0 Å². The van der Waals surface area contributed by atoms with Crippen molar-refractivity contribution in [2.75, 3.05) is 6.61 Å². The number of aryl methyl sites for hydroxylation is 1. The summed E-state index contributed by atoms with van der Waals surface area (Å²) < 4.78 is 18.6. The second kappa shape index (κ2) is 12.4. The predicted octanol–water partition coefficient (Wildman–Crippen LogP) is 3.64. The third-order valence-corrected chi connectivity index (χ3v) is 4.58. The van der Waals surface area contributed by atoms with E-state index in [0.29, 0.717) is 18.4 Å². The van der Waals surface area contributed by atoms with Gasteiger partial charge in [-0.3, -0.25) is 9.59 Å². The first kappa shape index (κ1) is 23.1. The molecule has 0 spiro atoms. The summed E-state index contributed by atoms with van der Waals surface area (Å²) in [5, 5.41) is 6.33. The molecule has 0 saturated carbocycles. The highest BCUT2D eigenvalue weighted by molar-refractivity contribution is 5.79. The Kier molecular flexibility index (Phi) is 9.51. The van der Waals surface area contributed by atoms with E-state index in [9.17, 15) is 14.0 Å². The number of esters is 1. The van der Waals surface area contributed by atoms with Gasteiger partial charge in [-0.25, -0.2) is 4.39 Å². The van der Waals surface area contributed by atoms with Crippen molar-refractivity contribution in [2.45, 2.75) is 45.1 Å². The van der Waals surface area contributed by atoms with E-state index in [1.54, 1.807) is 25.3 Å². The first-order valence-electron chi connectivity index (χ1n) is 10.0. The largest absolute Gasteiger partial charge is 0.466 e. The number of carbonyl (C=O) groups is 2. The van der Waals surface area contributed by atoms with Crippen LogP contribution in [0.4, 0.5) is 4.39 Å². The average Bonchev–Trinajstić information content (AvgIpc) is 2.72. The van der Waals surface area contributed by atoms with Crippen molar-refractivity contribution >= 4 is 18.1 Å². The summed E-state index contributed by atoms with van der Waals surface area (Å²) in [6.45, 7) is 1.97. The van der Waals surface area contributed by atoms with E-state index in [-0.39, 0.29) is 18.9 Å². The van der Waals surface area contributed by atoms with Gasteiger partial charge in [-0.1, -0.05) is 36.4 Å². The summed E-state index contributed by atoms with van der Waals surface area (Å²) >= 11 is 0. The van der Waals surface area contributed by atoms with Crippen molar-refractivity contribution in [1.29, 1.82) is 0 Å². The van der Waals surface area contributed by atoms with Crippen LogP contribution < -0.4 is 11.2 Å². The predicted molar refractivity (Wildman–Crippen MR) is 114 cm³/mol. The fourth-order valence-corrected chi connectivity index (χ4v) is 3.10. The van der Waals surface area contributed by atoms with Crippen LogP contribution in [0, 0.1) is 5.82 Å². The van der Waals surface area contributed by atoms with Gasteiger partial charge >= 0.3 is 5.97 Å². The van der Waals surface area contributed by atoms with E-state index >= 15 is 0 Å². The van der Waals surface area contributed by atoms with Crippen LogP contribution in [0.1, 0.15) is 55.3 Å². The number of halogens is 1. The second-order valence-electron chi connectivity index (χ2n) is 6.91. The number of nitrogens with zero attached hydrogens (tertiary/aromatic N) is 1.